The molecule has 5 heteroatoms. The van der Waals surface area contributed by atoms with Gasteiger partial charge in [0.15, 0.2) is 0 Å². The molecule has 4 nitrogen and oxygen atoms in total. The van der Waals surface area contributed by atoms with Crippen molar-refractivity contribution in [2.75, 3.05) is 6.61 Å². The van der Waals surface area contributed by atoms with Crippen LogP contribution in [0.5, 0.6) is 5.75 Å². The first kappa shape index (κ1) is 10.2. The predicted octanol–water partition coefficient (Wildman–Crippen LogP) is 1.86. The third-order valence-electron chi connectivity index (χ3n) is 2.15. The van der Waals surface area contributed by atoms with Gasteiger partial charge >= 0.3 is 5.97 Å². The van der Waals surface area contributed by atoms with Gasteiger partial charge in [0.2, 0.25) is 8.03 Å². The predicted molar refractivity (Wildman–Crippen MR) is 55.4 cm³/mol. The molecule has 80 valence electrons. The fraction of sp³-hybridized carbons (Fsp3) is 0.300. The first-order valence-electron chi connectivity index (χ1n) is 4.68. The number of benzene rings is 1. The Morgan fingerprint density at radius 2 is 2.07 bits per heavy atom. The molecular formula is C10H11O4P. The second-order valence-electron chi connectivity index (χ2n) is 3.32. The van der Waals surface area contributed by atoms with E-state index in [0.29, 0.717) is 5.75 Å². The Bertz CT molecular complexity index is 376. The van der Waals surface area contributed by atoms with E-state index in [0.717, 1.165) is 0 Å². The summed E-state index contributed by atoms with van der Waals surface area (Å²) in [7, 11) is -2.25. The van der Waals surface area contributed by atoms with Gasteiger partial charge in [-0.3, -0.25) is 9.36 Å². The third-order valence-corrected chi connectivity index (χ3v) is 3.63. The van der Waals surface area contributed by atoms with Gasteiger partial charge in [-0.1, -0.05) is 18.2 Å². The summed E-state index contributed by atoms with van der Waals surface area (Å²) >= 11 is 0. The van der Waals surface area contributed by atoms with Crippen molar-refractivity contribution in [3.05, 3.63) is 30.3 Å². The van der Waals surface area contributed by atoms with Gasteiger partial charge in [0.25, 0.3) is 0 Å². The minimum absolute atomic E-state index is 0.199. The average Bonchev–Trinajstić information content (AvgIpc) is 2.66. The molecule has 0 amide bonds. The maximum Gasteiger partial charge on any atom is 0.306 e. The average molecular weight is 226 g/mol. The van der Waals surface area contributed by atoms with Crippen LogP contribution in [0.15, 0.2) is 30.3 Å². The van der Waals surface area contributed by atoms with E-state index in [1.54, 1.807) is 24.3 Å². The van der Waals surface area contributed by atoms with Gasteiger partial charge in [0.05, 0.1) is 12.1 Å². The Kier molecular flexibility index (Phi) is 3.07. The van der Waals surface area contributed by atoms with E-state index < -0.39 is 8.03 Å². The van der Waals surface area contributed by atoms with Crippen LogP contribution in [0.3, 0.4) is 0 Å². The van der Waals surface area contributed by atoms with E-state index in [4.69, 9.17) is 9.26 Å². The van der Waals surface area contributed by atoms with Crippen LogP contribution in [0.25, 0.3) is 0 Å². The van der Waals surface area contributed by atoms with Crippen molar-refractivity contribution in [2.45, 2.75) is 12.1 Å². The van der Waals surface area contributed by atoms with E-state index in [-0.39, 0.29) is 24.7 Å². The van der Waals surface area contributed by atoms with Crippen LogP contribution < -0.4 is 4.52 Å². The molecule has 0 spiro atoms. The second kappa shape index (κ2) is 4.49. The van der Waals surface area contributed by atoms with Crippen molar-refractivity contribution in [2.24, 2.45) is 0 Å². The van der Waals surface area contributed by atoms with E-state index in [2.05, 4.69) is 0 Å². The van der Waals surface area contributed by atoms with Crippen LogP contribution in [0.4, 0.5) is 0 Å². The zero-order valence-electron chi connectivity index (χ0n) is 8.01. The number of carbonyl (C=O) groups excluding carboxylic acids is 1. The lowest BCUT2D eigenvalue weighted by Gasteiger charge is -2.08. The zero-order valence-corrected chi connectivity index (χ0v) is 9.01. The summed E-state index contributed by atoms with van der Waals surface area (Å²) in [6, 6.07) is 8.94. The summed E-state index contributed by atoms with van der Waals surface area (Å²) in [5.41, 5.74) is -0.275. The van der Waals surface area contributed by atoms with Crippen LogP contribution in [-0.2, 0) is 14.1 Å². The number of para-hydroxylation sites is 1. The molecule has 1 aliphatic heterocycles. The van der Waals surface area contributed by atoms with Crippen molar-refractivity contribution in [3.8, 4) is 5.75 Å². The lowest BCUT2D eigenvalue weighted by atomic mass is 10.3. The summed E-state index contributed by atoms with van der Waals surface area (Å²) in [5.74, 6) is 0.274. The second-order valence-corrected chi connectivity index (χ2v) is 4.98. The minimum atomic E-state index is -2.25. The van der Waals surface area contributed by atoms with E-state index in [1.165, 1.54) is 0 Å². The zero-order chi connectivity index (χ0) is 10.7. The fourth-order valence-corrected chi connectivity index (χ4v) is 2.44. The largest absolute Gasteiger partial charge is 0.465 e. The van der Waals surface area contributed by atoms with Crippen molar-refractivity contribution < 1.29 is 18.6 Å². The van der Waals surface area contributed by atoms with Gasteiger partial charge in [-0.05, 0) is 12.1 Å². The van der Waals surface area contributed by atoms with Gasteiger partial charge in [0, 0.05) is 0 Å². The molecule has 0 radical (unpaired) electrons. The summed E-state index contributed by atoms with van der Waals surface area (Å²) in [4.78, 5) is 10.8. The summed E-state index contributed by atoms with van der Waals surface area (Å²) in [5, 5.41) is 0. The van der Waals surface area contributed by atoms with E-state index in [9.17, 15) is 9.36 Å². The number of rotatable bonds is 3. The van der Waals surface area contributed by atoms with Crippen LogP contribution in [0.2, 0.25) is 0 Å². The summed E-state index contributed by atoms with van der Waals surface area (Å²) < 4.78 is 21.7. The highest BCUT2D eigenvalue weighted by Crippen LogP contribution is 2.36. The molecule has 0 bridgehead atoms. The number of ether oxygens (including phenoxy) is 1. The number of carbonyl (C=O) groups is 1. The quantitative estimate of drug-likeness (QED) is 0.583. The molecule has 1 aromatic carbocycles. The SMILES string of the molecule is O=C1CC([PH](=O)Oc2ccccc2)CO1. The number of esters is 1. The molecule has 2 rings (SSSR count). The molecule has 1 aromatic rings. The van der Waals surface area contributed by atoms with E-state index >= 15 is 0 Å². The molecule has 1 aliphatic rings. The highest BCUT2D eigenvalue weighted by molar-refractivity contribution is 7.40. The number of hydrogen-bond acceptors (Lipinski definition) is 4. The molecule has 1 fully saturated rings. The van der Waals surface area contributed by atoms with Gasteiger partial charge < -0.3 is 9.26 Å². The maximum absolute atomic E-state index is 11.7. The minimum Gasteiger partial charge on any atom is -0.465 e. The van der Waals surface area contributed by atoms with Crippen LogP contribution in [0.1, 0.15) is 6.42 Å². The van der Waals surface area contributed by atoms with Crippen molar-refractivity contribution in [1.82, 2.24) is 0 Å². The number of cyclic esters (lactones) is 1. The van der Waals surface area contributed by atoms with Crippen LogP contribution in [-0.4, -0.2) is 18.2 Å². The first-order chi connectivity index (χ1) is 7.25. The topological polar surface area (TPSA) is 52.6 Å². The lowest BCUT2D eigenvalue weighted by molar-refractivity contribution is -0.137. The Balaban J connectivity index is 1.96. The van der Waals surface area contributed by atoms with Crippen molar-refractivity contribution >= 4 is 14.0 Å². The molecule has 0 saturated carbocycles. The monoisotopic (exact) mass is 226 g/mol. The van der Waals surface area contributed by atoms with E-state index in [1.807, 2.05) is 6.07 Å². The lowest BCUT2D eigenvalue weighted by Crippen LogP contribution is -2.03. The smallest absolute Gasteiger partial charge is 0.306 e. The Morgan fingerprint density at radius 1 is 1.33 bits per heavy atom. The highest BCUT2D eigenvalue weighted by Gasteiger charge is 2.29. The molecule has 1 heterocycles. The first-order valence-corrected chi connectivity index (χ1v) is 6.07. The highest BCUT2D eigenvalue weighted by atomic mass is 31.1. The summed E-state index contributed by atoms with van der Waals surface area (Å²) in [6.45, 7) is 0.212. The number of hydrogen-bond donors (Lipinski definition) is 0. The summed E-state index contributed by atoms with van der Waals surface area (Å²) in [6.07, 6.45) is 0.199. The molecule has 1 saturated heterocycles. The van der Waals surface area contributed by atoms with Gasteiger partial charge in [-0.15, -0.1) is 0 Å². The molecular weight excluding hydrogens is 215 g/mol. The molecule has 0 N–H and O–H groups in total. The fourth-order valence-electron chi connectivity index (χ4n) is 1.35. The molecule has 0 aliphatic carbocycles. The Hall–Kier alpha value is -1.28. The van der Waals surface area contributed by atoms with Gasteiger partial charge in [0.1, 0.15) is 12.4 Å². The molecule has 15 heavy (non-hydrogen) atoms. The third kappa shape index (κ3) is 2.60. The van der Waals surface area contributed by atoms with Crippen molar-refractivity contribution in [3.63, 3.8) is 0 Å². The Labute approximate surface area is 88.1 Å². The maximum atomic E-state index is 11.7. The normalized spacial score (nSPS) is 22.1. The van der Waals surface area contributed by atoms with Crippen LogP contribution in [0, 0.1) is 0 Å². The van der Waals surface area contributed by atoms with Crippen LogP contribution >= 0.6 is 8.03 Å². The Morgan fingerprint density at radius 3 is 2.67 bits per heavy atom. The standard InChI is InChI=1S/C10H11O4P/c11-10-6-9(7-13-10)15(12)14-8-4-2-1-3-5-8/h1-5,9,15H,6-7H2. The van der Waals surface area contributed by atoms with Gasteiger partial charge in [-0.25, -0.2) is 0 Å². The molecule has 2 atom stereocenters. The van der Waals surface area contributed by atoms with Crippen molar-refractivity contribution in [1.29, 1.82) is 0 Å². The molecule has 0 aromatic heterocycles. The molecule has 2 unspecified atom stereocenters. The van der Waals surface area contributed by atoms with Gasteiger partial charge in [-0.2, -0.15) is 0 Å².